The van der Waals surface area contributed by atoms with Gasteiger partial charge in [0.15, 0.2) is 0 Å². The van der Waals surface area contributed by atoms with Crippen molar-refractivity contribution in [3.8, 4) is 0 Å². The van der Waals surface area contributed by atoms with Crippen molar-refractivity contribution in [2.45, 2.75) is 83.1 Å². The summed E-state index contributed by atoms with van der Waals surface area (Å²) in [6.07, 6.45) is 7.20. The zero-order valence-electron chi connectivity index (χ0n) is 22.7. The molecule has 39 heavy (non-hydrogen) atoms. The number of carbonyl (C=O) groups excluding carboxylic acids is 4. The van der Waals surface area contributed by atoms with Crippen LogP contribution in [0.25, 0.3) is 0 Å². The number of piperidine rings is 3. The van der Waals surface area contributed by atoms with E-state index in [2.05, 4.69) is 16.3 Å². The molecule has 3 saturated heterocycles. The van der Waals surface area contributed by atoms with Gasteiger partial charge in [-0.1, -0.05) is 0 Å². The molecule has 4 amide bonds. The highest BCUT2D eigenvalue weighted by Crippen LogP contribution is 2.51. The van der Waals surface area contributed by atoms with Crippen molar-refractivity contribution in [3.05, 3.63) is 29.3 Å². The number of benzene rings is 1. The topological polar surface area (TPSA) is 108 Å². The largest absolute Gasteiger partial charge is 0.450 e. The highest BCUT2D eigenvalue weighted by molar-refractivity contribution is 6.05. The number of carbonyl (C=O) groups is 4. The number of rotatable bonds is 5. The Labute approximate surface area is 228 Å². The van der Waals surface area contributed by atoms with E-state index in [0.29, 0.717) is 49.7 Å². The Balaban J connectivity index is 0.977. The third-order valence-electron chi connectivity index (χ3n) is 9.37. The zero-order valence-corrected chi connectivity index (χ0v) is 22.7. The molecule has 0 radical (unpaired) electrons. The fourth-order valence-electron chi connectivity index (χ4n) is 7.07. The molecule has 10 nitrogen and oxygen atoms in total. The van der Waals surface area contributed by atoms with Crippen molar-refractivity contribution < 1.29 is 28.7 Å². The van der Waals surface area contributed by atoms with Crippen LogP contribution in [-0.2, 0) is 25.6 Å². The number of amides is 4. The lowest BCUT2D eigenvalue weighted by atomic mass is 9.61. The van der Waals surface area contributed by atoms with Gasteiger partial charge in [0.1, 0.15) is 6.04 Å². The minimum Gasteiger partial charge on any atom is -0.450 e. The number of likely N-dealkylation sites (tertiary alicyclic amines) is 1. The van der Waals surface area contributed by atoms with Gasteiger partial charge >= 0.3 is 6.09 Å². The standard InChI is InChI=1S/C29H38N4O6/c1-2-38-28(37)32-11-7-21(8-12-32)39-22-16-29(17-22)9-13-31(14-10-29)20-3-4-23-19(15-20)18-33(27(23)36)24-5-6-25(34)30-26(24)35/h3-4,15,21-22,24H,2,5-14,16-18H2,1H3,(H,30,34,35). The molecule has 4 fully saturated rings. The number of imide groups is 1. The van der Waals surface area contributed by atoms with E-state index in [4.69, 9.17) is 9.47 Å². The Morgan fingerprint density at radius 3 is 2.46 bits per heavy atom. The van der Waals surface area contributed by atoms with Crippen molar-refractivity contribution in [3.63, 3.8) is 0 Å². The average molecular weight is 539 g/mol. The molecule has 0 aromatic heterocycles. The van der Waals surface area contributed by atoms with E-state index in [1.165, 1.54) is 0 Å². The maximum Gasteiger partial charge on any atom is 0.409 e. The molecule has 1 spiro atoms. The molecule has 210 valence electrons. The fraction of sp³-hybridized carbons (Fsp3) is 0.655. The number of nitrogens with one attached hydrogen (secondary N) is 1. The van der Waals surface area contributed by atoms with Crippen LogP contribution in [0.5, 0.6) is 0 Å². The quantitative estimate of drug-likeness (QED) is 0.575. The second kappa shape index (κ2) is 10.4. The summed E-state index contributed by atoms with van der Waals surface area (Å²) in [6, 6.07) is 5.44. The first kappa shape index (κ1) is 26.1. The van der Waals surface area contributed by atoms with Crippen molar-refractivity contribution in [2.24, 2.45) is 5.41 Å². The van der Waals surface area contributed by atoms with Gasteiger partial charge in [-0.15, -0.1) is 0 Å². The van der Waals surface area contributed by atoms with Gasteiger partial charge in [0.05, 0.1) is 18.8 Å². The minimum atomic E-state index is -0.584. The molecule has 1 atom stereocenters. The number of nitrogens with zero attached hydrogens (tertiary/aromatic N) is 3. The summed E-state index contributed by atoms with van der Waals surface area (Å²) < 4.78 is 11.5. The molecule has 10 heteroatoms. The van der Waals surface area contributed by atoms with Crippen LogP contribution in [0, 0.1) is 5.41 Å². The first-order valence-corrected chi connectivity index (χ1v) is 14.4. The van der Waals surface area contributed by atoms with Gasteiger partial charge in [0, 0.05) is 50.4 Å². The van der Waals surface area contributed by atoms with Crippen LogP contribution >= 0.6 is 0 Å². The monoisotopic (exact) mass is 538 g/mol. The lowest BCUT2D eigenvalue weighted by molar-refractivity contribution is -0.137. The van der Waals surface area contributed by atoms with Crippen LogP contribution in [0.3, 0.4) is 0 Å². The SMILES string of the molecule is CCOC(=O)N1CCC(OC2CC3(CCN(c4ccc5c(c4)CN(C4CCC(=O)NC4=O)C5=O)CC3)C2)CC1. The molecule has 1 saturated carbocycles. The highest BCUT2D eigenvalue weighted by Gasteiger charge is 2.47. The van der Waals surface area contributed by atoms with Crippen molar-refractivity contribution in [1.29, 1.82) is 0 Å². The second-order valence-corrected chi connectivity index (χ2v) is 11.8. The summed E-state index contributed by atoms with van der Waals surface area (Å²) >= 11 is 0. The minimum absolute atomic E-state index is 0.129. The number of ether oxygens (including phenoxy) is 2. The Kier molecular flexibility index (Phi) is 6.99. The van der Waals surface area contributed by atoms with E-state index < -0.39 is 6.04 Å². The summed E-state index contributed by atoms with van der Waals surface area (Å²) in [5.74, 6) is -0.777. The van der Waals surface area contributed by atoms with E-state index in [9.17, 15) is 19.2 Å². The third kappa shape index (κ3) is 5.11. The van der Waals surface area contributed by atoms with E-state index >= 15 is 0 Å². The number of hydrogen-bond acceptors (Lipinski definition) is 7. The maximum absolute atomic E-state index is 13.0. The summed E-state index contributed by atoms with van der Waals surface area (Å²) in [4.78, 5) is 54.6. The molecule has 1 aliphatic carbocycles. The number of anilines is 1. The first-order valence-electron chi connectivity index (χ1n) is 14.4. The predicted octanol–water partition coefficient (Wildman–Crippen LogP) is 2.83. The summed E-state index contributed by atoms with van der Waals surface area (Å²) in [5, 5.41) is 2.36. The van der Waals surface area contributed by atoms with Gasteiger partial charge in [-0.3, -0.25) is 19.7 Å². The first-order chi connectivity index (χ1) is 18.8. The van der Waals surface area contributed by atoms with Gasteiger partial charge in [0.2, 0.25) is 11.8 Å². The predicted molar refractivity (Wildman–Crippen MR) is 142 cm³/mol. The molecule has 4 heterocycles. The fourth-order valence-corrected chi connectivity index (χ4v) is 7.07. The third-order valence-corrected chi connectivity index (χ3v) is 9.37. The van der Waals surface area contributed by atoms with E-state index in [1.807, 2.05) is 19.1 Å². The van der Waals surface area contributed by atoms with Gasteiger partial charge < -0.3 is 24.2 Å². The Bertz CT molecular complexity index is 1150. The van der Waals surface area contributed by atoms with Crippen LogP contribution in [0.1, 0.15) is 74.2 Å². The molecule has 0 bridgehead atoms. The molecule has 1 aromatic carbocycles. The van der Waals surface area contributed by atoms with Crippen LogP contribution in [0.15, 0.2) is 18.2 Å². The summed E-state index contributed by atoms with van der Waals surface area (Å²) in [5.41, 5.74) is 3.10. The zero-order chi connectivity index (χ0) is 27.1. The van der Waals surface area contributed by atoms with Crippen molar-refractivity contribution >= 4 is 29.5 Å². The molecule has 1 aromatic rings. The molecular formula is C29H38N4O6. The van der Waals surface area contributed by atoms with Crippen molar-refractivity contribution in [2.75, 3.05) is 37.7 Å². The second-order valence-electron chi connectivity index (χ2n) is 11.8. The molecule has 4 aliphatic heterocycles. The average Bonchev–Trinajstić information content (AvgIpc) is 3.24. The van der Waals surface area contributed by atoms with Gasteiger partial charge in [-0.25, -0.2) is 4.79 Å². The normalized spacial score (nSPS) is 25.5. The maximum atomic E-state index is 13.0. The molecular weight excluding hydrogens is 500 g/mol. The van der Waals surface area contributed by atoms with Crippen LogP contribution in [-0.4, -0.2) is 84.7 Å². The van der Waals surface area contributed by atoms with E-state index in [0.717, 1.165) is 62.9 Å². The van der Waals surface area contributed by atoms with Crippen LogP contribution in [0.2, 0.25) is 0 Å². The van der Waals surface area contributed by atoms with Gasteiger partial charge in [-0.2, -0.15) is 0 Å². The molecule has 1 N–H and O–H groups in total. The lowest BCUT2D eigenvalue weighted by Gasteiger charge is -2.53. The molecule has 5 aliphatic rings. The summed E-state index contributed by atoms with van der Waals surface area (Å²) in [7, 11) is 0. The summed E-state index contributed by atoms with van der Waals surface area (Å²) in [6.45, 7) is 6.01. The van der Waals surface area contributed by atoms with Gasteiger partial charge in [0.25, 0.3) is 5.91 Å². The van der Waals surface area contributed by atoms with Gasteiger partial charge in [-0.05, 0) is 81.0 Å². The smallest absolute Gasteiger partial charge is 0.409 e. The van der Waals surface area contributed by atoms with Crippen molar-refractivity contribution in [1.82, 2.24) is 15.1 Å². The van der Waals surface area contributed by atoms with Crippen LogP contribution in [0.4, 0.5) is 10.5 Å². The number of hydrogen-bond donors (Lipinski definition) is 1. The molecule has 1 unspecified atom stereocenters. The van der Waals surface area contributed by atoms with E-state index in [-0.39, 0.29) is 36.3 Å². The number of fused-ring (bicyclic) bond motifs is 1. The highest BCUT2D eigenvalue weighted by atomic mass is 16.6. The lowest BCUT2D eigenvalue weighted by Crippen LogP contribution is -2.52. The Hall–Kier alpha value is -3.14. The van der Waals surface area contributed by atoms with Crippen LogP contribution < -0.4 is 10.2 Å². The van der Waals surface area contributed by atoms with E-state index in [1.54, 1.807) is 9.80 Å². The Morgan fingerprint density at radius 2 is 1.77 bits per heavy atom. The Morgan fingerprint density at radius 1 is 1.03 bits per heavy atom. The molecule has 6 rings (SSSR count).